The smallest absolute Gasteiger partial charge is 0.247 e. The van der Waals surface area contributed by atoms with Crippen LogP contribution in [0, 0.1) is 0 Å². The number of carbonyl (C=O) groups excluding carboxylic acids is 2. The van der Waals surface area contributed by atoms with E-state index in [1.165, 1.54) is 0 Å². The summed E-state index contributed by atoms with van der Waals surface area (Å²) in [4.78, 5) is 30.4. The van der Waals surface area contributed by atoms with Crippen molar-refractivity contribution in [1.29, 1.82) is 0 Å². The van der Waals surface area contributed by atoms with E-state index in [-0.39, 0.29) is 17.9 Å². The standard InChI is InChI=1S/C26H33N3O3/c1-32-23-14-6-5-13-21(23)22(28-16-9-10-17-28)19-27-26(31)25(20-11-3-2-4-12-20)29-18-8-7-15-24(29)30/h2-6,11-14,22,25H,7-10,15-19H2,1H3,(H,27,31). The fourth-order valence-electron chi connectivity index (χ4n) is 4.93. The molecule has 170 valence electrons. The van der Waals surface area contributed by atoms with E-state index in [9.17, 15) is 9.59 Å². The Hall–Kier alpha value is -2.86. The minimum atomic E-state index is -0.596. The molecule has 0 saturated carbocycles. The van der Waals surface area contributed by atoms with Gasteiger partial charge in [0.2, 0.25) is 11.8 Å². The van der Waals surface area contributed by atoms with E-state index in [1.807, 2.05) is 48.5 Å². The van der Waals surface area contributed by atoms with Gasteiger partial charge in [-0.1, -0.05) is 48.5 Å². The van der Waals surface area contributed by atoms with E-state index in [0.29, 0.717) is 19.5 Å². The van der Waals surface area contributed by atoms with Gasteiger partial charge in [-0.2, -0.15) is 0 Å². The number of amides is 2. The monoisotopic (exact) mass is 435 g/mol. The van der Waals surface area contributed by atoms with Crippen LogP contribution in [-0.2, 0) is 9.59 Å². The van der Waals surface area contributed by atoms with Gasteiger partial charge in [-0.3, -0.25) is 14.5 Å². The molecule has 32 heavy (non-hydrogen) atoms. The summed E-state index contributed by atoms with van der Waals surface area (Å²) in [6, 6.07) is 17.1. The summed E-state index contributed by atoms with van der Waals surface area (Å²) in [6.45, 7) is 3.11. The highest BCUT2D eigenvalue weighted by molar-refractivity contribution is 5.89. The van der Waals surface area contributed by atoms with Crippen molar-refractivity contribution >= 4 is 11.8 Å². The predicted octanol–water partition coefficient (Wildman–Crippen LogP) is 3.70. The molecule has 2 atom stereocenters. The van der Waals surface area contributed by atoms with E-state index in [1.54, 1.807) is 12.0 Å². The number of ether oxygens (including phenoxy) is 1. The number of benzene rings is 2. The first-order valence-corrected chi connectivity index (χ1v) is 11.7. The highest BCUT2D eigenvalue weighted by Gasteiger charge is 2.34. The van der Waals surface area contributed by atoms with Crippen LogP contribution in [0.5, 0.6) is 5.75 Å². The quantitative estimate of drug-likeness (QED) is 0.687. The second kappa shape index (κ2) is 10.6. The van der Waals surface area contributed by atoms with E-state index in [4.69, 9.17) is 4.74 Å². The van der Waals surface area contributed by atoms with Crippen molar-refractivity contribution in [3.63, 3.8) is 0 Å². The van der Waals surface area contributed by atoms with E-state index < -0.39 is 6.04 Å². The fraction of sp³-hybridized carbons (Fsp3) is 0.462. The number of hydrogen-bond acceptors (Lipinski definition) is 4. The molecule has 2 aliphatic heterocycles. The van der Waals surface area contributed by atoms with Crippen LogP contribution < -0.4 is 10.1 Å². The number of hydrogen-bond donors (Lipinski definition) is 1. The van der Waals surface area contributed by atoms with Gasteiger partial charge in [-0.25, -0.2) is 0 Å². The Morgan fingerprint density at radius 1 is 0.969 bits per heavy atom. The van der Waals surface area contributed by atoms with Crippen LogP contribution in [0.1, 0.15) is 55.3 Å². The molecule has 2 aromatic carbocycles. The van der Waals surface area contributed by atoms with E-state index >= 15 is 0 Å². The van der Waals surface area contributed by atoms with Gasteiger partial charge >= 0.3 is 0 Å². The number of rotatable bonds is 8. The first kappa shape index (κ1) is 22.3. The zero-order valence-electron chi connectivity index (χ0n) is 18.8. The Bertz CT molecular complexity index is 912. The summed E-state index contributed by atoms with van der Waals surface area (Å²) in [5, 5.41) is 3.20. The van der Waals surface area contributed by atoms with Crippen LogP contribution in [0.3, 0.4) is 0 Å². The lowest BCUT2D eigenvalue weighted by Crippen LogP contribution is -2.47. The topological polar surface area (TPSA) is 61.9 Å². The Balaban J connectivity index is 1.56. The van der Waals surface area contributed by atoms with Gasteiger partial charge in [0.25, 0.3) is 0 Å². The van der Waals surface area contributed by atoms with Crippen LogP contribution >= 0.6 is 0 Å². The fourth-order valence-corrected chi connectivity index (χ4v) is 4.93. The molecule has 2 saturated heterocycles. The minimum Gasteiger partial charge on any atom is -0.496 e. The number of carbonyl (C=O) groups is 2. The number of nitrogens with zero attached hydrogens (tertiary/aromatic N) is 2. The highest BCUT2D eigenvalue weighted by Crippen LogP contribution is 2.32. The van der Waals surface area contributed by atoms with Gasteiger partial charge in [0.1, 0.15) is 11.8 Å². The molecule has 0 radical (unpaired) electrons. The summed E-state index contributed by atoms with van der Waals surface area (Å²) in [5.41, 5.74) is 1.94. The van der Waals surface area contributed by atoms with Gasteiger partial charge in [0, 0.05) is 25.1 Å². The van der Waals surface area contributed by atoms with Crippen molar-refractivity contribution in [2.24, 2.45) is 0 Å². The lowest BCUT2D eigenvalue weighted by atomic mass is 9.99. The molecule has 0 aliphatic carbocycles. The molecule has 1 N–H and O–H groups in total. The van der Waals surface area contributed by atoms with Gasteiger partial charge in [-0.15, -0.1) is 0 Å². The molecule has 0 spiro atoms. The highest BCUT2D eigenvalue weighted by atomic mass is 16.5. The second-order valence-corrected chi connectivity index (χ2v) is 8.60. The van der Waals surface area contributed by atoms with Crippen molar-refractivity contribution in [2.45, 2.75) is 44.2 Å². The molecule has 2 aromatic rings. The molecule has 2 heterocycles. The third kappa shape index (κ3) is 4.96. The Morgan fingerprint density at radius 3 is 2.38 bits per heavy atom. The maximum absolute atomic E-state index is 13.5. The zero-order chi connectivity index (χ0) is 22.3. The lowest BCUT2D eigenvalue weighted by Gasteiger charge is -2.35. The summed E-state index contributed by atoms with van der Waals surface area (Å²) < 4.78 is 5.63. The molecule has 2 fully saturated rings. The maximum atomic E-state index is 13.5. The molecule has 2 amide bonds. The number of nitrogens with one attached hydrogen (secondary N) is 1. The van der Waals surface area contributed by atoms with Crippen LogP contribution in [0.25, 0.3) is 0 Å². The van der Waals surface area contributed by atoms with Crippen LogP contribution in [0.15, 0.2) is 54.6 Å². The van der Waals surface area contributed by atoms with Crippen LogP contribution in [-0.4, -0.2) is 54.9 Å². The summed E-state index contributed by atoms with van der Waals surface area (Å²) >= 11 is 0. The molecule has 4 rings (SSSR count). The Labute approximate surface area is 190 Å². The minimum absolute atomic E-state index is 0.0334. The molecule has 6 heteroatoms. The van der Waals surface area contributed by atoms with Crippen molar-refractivity contribution < 1.29 is 14.3 Å². The van der Waals surface area contributed by atoms with Gasteiger partial charge < -0.3 is 15.0 Å². The zero-order valence-corrected chi connectivity index (χ0v) is 18.8. The van der Waals surface area contributed by atoms with Gasteiger partial charge in [0.15, 0.2) is 0 Å². The van der Waals surface area contributed by atoms with Gasteiger partial charge in [0.05, 0.1) is 13.2 Å². The number of para-hydroxylation sites is 1. The number of likely N-dealkylation sites (tertiary alicyclic amines) is 2. The predicted molar refractivity (Wildman–Crippen MR) is 124 cm³/mol. The van der Waals surface area contributed by atoms with Crippen molar-refractivity contribution in [3.8, 4) is 5.75 Å². The lowest BCUT2D eigenvalue weighted by molar-refractivity contribution is -0.142. The van der Waals surface area contributed by atoms with Crippen LogP contribution in [0.4, 0.5) is 0 Å². The average molecular weight is 436 g/mol. The molecular weight excluding hydrogens is 402 g/mol. The maximum Gasteiger partial charge on any atom is 0.247 e. The third-order valence-electron chi connectivity index (χ3n) is 6.58. The summed E-state index contributed by atoms with van der Waals surface area (Å²) in [7, 11) is 1.69. The van der Waals surface area contributed by atoms with Crippen LogP contribution in [0.2, 0.25) is 0 Å². The summed E-state index contributed by atoms with van der Waals surface area (Å²) in [5.74, 6) is 0.774. The first-order valence-electron chi connectivity index (χ1n) is 11.7. The van der Waals surface area contributed by atoms with Crippen molar-refractivity contribution in [1.82, 2.24) is 15.1 Å². The second-order valence-electron chi connectivity index (χ2n) is 8.60. The van der Waals surface area contributed by atoms with E-state index in [0.717, 1.165) is 55.6 Å². The molecular formula is C26H33N3O3. The largest absolute Gasteiger partial charge is 0.496 e. The Morgan fingerprint density at radius 2 is 1.66 bits per heavy atom. The molecule has 0 aromatic heterocycles. The van der Waals surface area contributed by atoms with Gasteiger partial charge in [-0.05, 0) is 50.4 Å². The molecule has 0 bridgehead atoms. The third-order valence-corrected chi connectivity index (χ3v) is 6.58. The van der Waals surface area contributed by atoms with Crippen molar-refractivity contribution in [3.05, 3.63) is 65.7 Å². The normalized spacial score (nSPS) is 18.9. The number of piperidine rings is 1. The van der Waals surface area contributed by atoms with E-state index in [2.05, 4.69) is 16.3 Å². The molecule has 6 nitrogen and oxygen atoms in total. The number of methoxy groups -OCH3 is 1. The Kier molecular flexibility index (Phi) is 7.43. The SMILES string of the molecule is COc1ccccc1C(CNC(=O)C(c1ccccc1)N1CCCCC1=O)N1CCCC1. The first-order chi connectivity index (χ1) is 15.7. The van der Waals surface area contributed by atoms with Crippen molar-refractivity contribution in [2.75, 3.05) is 33.3 Å². The average Bonchev–Trinajstić information content (AvgIpc) is 3.36. The molecule has 2 unspecified atom stereocenters. The summed E-state index contributed by atoms with van der Waals surface area (Å²) in [6.07, 6.45) is 4.65. The molecule has 2 aliphatic rings.